The molecule has 13 heteroatoms. The average molecular weight is 744 g/mol. The van der Waals surface area contributed by atoms with Crippen molar-refractivity contribution in [3.8, 4) is 39.4 Å². The van der Waals surface area contributed by atoms with E-state index in [-0.39, 0.29) is 30.2 Å². The van der Waals surface area contributed by atoms with Crippen LogP contribution >= 0.6 is 23.2 Å². The summed E-state index contributed by atoms with van der Waals surface area (Å²) in [6.07, 6.45) is 3.16. The molecule has 0 bridgehead atoms. The molecule has 270 valence electrons. The van der Waals surface area contributed by atoms with Gasteiger partial charge in [-0.25, -0.2) is 9.97 Å². The maximum atomic E-state index is 13.5. The van der Waals surface area contributed by atoms with Gasteiger partial charge in [0, 0.05) is 84.5 Å². The Labute approximate surface area is 311 Å². The van der Waals surface area contributed by atoms with Crippen LogP contribution in [0.5, 0.6) is 5.88 Å². The zero-order chi connectivity index (χ0) is 36.4. The second kappa shape index (κ2) is 15.7. The number of carbonyl (C=O) groups excluding carboxylic acids is 1. The predicted molar refractivity (Wildman–Crippen MR) is 202 cm³/mol. The first-order valence-electron chi connectivity index (χ1n) is 17.3. The van der Waals surface area contributed by atoms with Crippen molar-refractivity contribution in [1.29, 1.82) is 0 Å². The van der Waals surface area contributed by atoms with Crippen molar-refractivity contribution in [2.75, 3.05) is 26.9 Å². The van der Waals surface area contributed by atoms with Crippen molar-refractivity contribution in [2.24, 2.45) is 0 Å². The highest BCUT2D eigenvalue weighted by atomic mass is 35.5. The van der Waals surface area contributed by atoms with Gasteiger partial charge in [0.15, 0.2) is 0 Å². The molecule has 7 rings (SSSR count). The summed E-state index contributed by atoms with van der Waals surface area (Å²) in [6, 6.07) is 19.1. The van der Waals surface area contributed by atoms with Gasteiger partial charge >= 0.3 is 0 Å². The zero-order valence-corrected chi connectivity index (χ0v) is 30.4. The normalized spacial score (nSPS) is 18.9. The minimum absolute atomic E-state index is 0.0917. The number of benzene rings is 2. The third-order valence-electron chi connectivity index (χ3n) is 9.80. The van der Waals surface area contributed by atoms with E-state index in [9.17, 15) is 14.7 Å². The lowest BCUT2D eigenvalue weighted by Gasteiger charge is -2.28. The molecule has 3 atom stereocenters. The monoisotopic (exact) mass is 742 g/mol. The number of aliphatic hydroxyl groups is 1. The Morgan fingerprint density at radius 3 is 2.46 bits per heavy atom. The molecule has 0 saturated carbocycles. The number of hydrogen-bond donors (Lipinski definition) is 4. The topological polar surface area (TPSA) is 139 Å². The van der Waals surface area contributed by atoms with Crippen molar-refractivity contribution in [2.45, 2.75) is 57.5 Å². The molecule has 0 radical (unpaired) electrons. The maximum Gasteiger partial charge on any atom is 0.262 e. The van der Waals surface area contributed by atoms with Gasteiger partial charge in [0.05, 0.1) is 41.1 Å². The number of nitrogens with zero attached hydrogens (tertiary/aromatic N) is 3. The Morgan fingerprint density at radius 2 is 1.73 bits per heavy atom. The minimum Gasteiger partial charge on any atom is -0.481 e. The number of methoxy groups -OCH3 is 1. The number of pyridine rings is 2. The van der Waals surface area contributed by atoms with E-state index in [4.69, 9.17) is 42.6 Å². The fourth-order valence-electron chi connectivity index (χ4n) is 6.89. The molecule has 2 aliphatic heterocycles. The fraction of sp³-hybridized carbons (Fsp3) is 0.333. The number of carbonyl (C=O) groups is 1. The summed E-state index contributed by atoms with van der Waals surface area (Å²) in [5, 5.41) is 20.9. The summed E-state index contributed by atoms with van der Waals surface area (Å²) in [6.45, 7) is 4.17. The first-order chi connectivity index (χ1) is 25.2. The summed E-state index contributed by atoms with van der Waals surface area (Å²) in [5.74, 6) is 0.580. The van der Waals surface area contributed by atoms with Gasteiger partial charge < -0.3 is 30.5 Å². The van der Waals surface area contributed by atoms with Crippen LogP contribution in [-0.2, 0) is 22.6 Å². The number of hydrogen-bond acceptors (Lipinski definition) is 9. The lowest BCUT2D eigenvalue weighted by atomic mass is 9.97. The number of aliphatic hydroxyl groups excluding tert-OH is 1. The van der Waals surface area contributed by atoms with E-state index in [1.165, 1.54) is 4.40 Å². The van der Waals surface area contributed by atoms with Gasteiger partial charge in [-0.3, -0.25) is 14.0 Å². The molecule has 5 heterocycles. The lowest BCUT2D eigenvalue weighted by Crippen LogP contribution is -2.46. The molecule has 4 N–H and O–H groups in total. The number of halogens is 2. The number of fused-ring (bicyclic) bond motifs is 1. The van der Waals surface area contributed by atoms with E-state index >= 15 is 0 Å². The first-order valence-corrected chi connectivity index (χ1v) is 18.1. The van der Waals surface area contributed by atoms with Gasteiger partial charge in [0.2, 0.25) is 11.8 Å². The highest BCUT2D eigenvalue weighted by Crippen LogP contribution is 2.42. The third-order valence-corrected chi connectivity index (χ3v) is 10.6. The molecule has 5 aromatic rings. The van der Waals surface area contributed by atoms with Crippen molar-refractivity contribution in [3.63, 3.8) is 0 Å². The van der Waals surface area contributed by atoms with E-state index in [1.807, 2.05) is 67.6 Å². The first kappa shape index (κ1) is 36.0. The maximum absolute atomic E-state index is 13.5. The molecule has 52 heavy (non-hydrogen) atoms. The van der Waals surface area contributed by atoms with Crippen LogP contribution < -0.4 is 26.2 Å². The number of aryl methyl sites for hydroxylation is 1. The SMILES string of the molecule is COc1nc(-c2cccc(-c3cccc(-c4ccn5c(=O)c(CN[C@@H]6CCOC[C@H]6O)c(C)nc5c4)c3Cl)c2Cl)ccc1CNCC1CCC(=O)N1. The standard InChI is InChI=1S/C39H40Cl2N6O5/c1-22-30(20-43-32-14-16-52-21-33(32)48)39(50)47-15-13-23(17-34(47)44-22)26-5-3-6-27(36(26)40)28-7-4-8-29(37(28)41)31-11-9-24(38(46-31)51-2)18-42-19-25-10-12-35(49)45-25/h3-9,11,13,15,17,25,32-33,42-43,48H,10,12,14,16,18-21H2,1-2H3,(H,45,49)/t25?,32-,33-/m1/s1. The fourth-order valence-corrected chi connectivity index (χ4v) is 7.55. The van der Waals surface area contributed by atoms with Crippen LogP contribution in [0, 0.1) is 6.92 Å². The Hall–Kier alpha value is -4.36. The molecule has 2 fully saturated rings. The third kappa shape index (κ3) is 7.43. The average Bonchev–Trinajstić information content (AvgIpc) is 3.57. The van der Waals surface area contributed by atoms with E-state index in [0.717, 1.165) is 39.8 Å². The molecule has 3 aromatic heterocycles. The molecule has 1 unspecified atom stereocenters. The summed E-state index contributed by atoms with van der Waals surface area (Å²) < 4.78 is 12.5. The zero-order valence-electron chi connectivity index (χ0n) is 28.9. The molecule has 2 aromatic carbocycles. The van der Waals surface area contributed by atoms with Gasteiger partial charge in [0.1, 0.15) is 5.65 Å². The molecular formula is C39H40Cl2N6O5. The van der Waals surface area contributed by atoms with E-state index < -0.39 is 6.10 Å². The van der Waals surface area contributed by atoms with Crippen molar-refractivity contribution < 1.29 is 19.4 Å². The quantitative estimate of drug-likeness (QED) is 0.142. The second-order valence-electron chi connectivity index (χ2n) is 13.2. The largest absolute Gasteiger partial charge is 0.481 e. The van der Waals surface area contributed by atoms with Crippen LogP contribution in [0.2, 0.25) is 10.0 Å². The van der Waals surface area contributed by atoms with Crippen LogP contribution in [-0.4, -0.2) is 70.4 Å². The number of amides is 1. The molecule has 0 aliphatic carbocycles. The molecule has 11 nitrogen and oxygen atoms in total. The molecular weight excluding hydrogens is 703 g/mol. The highest BCUT2D eigenvalue weighted by molar-refractivity contribution is 6.39. The van der Waals surface area contributed by atoms with Gasteiger partial charge in [-0.1, -0.05) is 65.7 Å². The van der Waals surface area contributed by atoms with Crippen LogP contribution in [0.25, 0.3) is 39.2 Å². The van der Waals surface area contributed by atoms with Crippen LogP contribution in [0.15, 0.2) is 71.7 Å². The van der Waals surface area contributed by atoms with Crippen LogP contribution in [0.3, 0.4) is 0 Å². The highest BCUT2D eigenvalue weighted by Gasteiger charge is 2.24. The number of aromatic nitrogens is 3. The summed E-state index contributed by atoms with van der Waals surface area (Å²) >= 11 is 14.2. The predicted octanol–water partition coefficient (Wildman–Crippen LogP) is 5.32. The summed E-state index contributed by atoms with van der Waals surface area (Å²) in [4.78, 5) is 34.6. The Kier molecular flexibility index (Phi) is 10.9. The number of rotatable bonds is 11. The minimum atomic E-state index is -0.620. The molecule has 2 saturated heterocycles. The van der Waals surface area contributed by atoms with Gasteiger partial charge in [0.25, 0.3) is 5.56 Å². The van der Waals surface area contributed by atoms with E-state index in [0.29, 0.717) is 77.6 Å². The van der Waals surface area contributed by atoms with Gasteiger partial charge in [-0.15, -0.1) is 0 Å². The smallest absolute Gasteiger partial charge is 0.262 e. The summed E-state index contributed by atoms with van der Waals surface area (Å²) in [5.41, 5.74) is 6.83. The summed E-state index contributed by atoms with van der Waals surface area (Å²) in [7, 11) is 1.59. The van der Waals surface area contributed by atoms with Gasteiger partial charge in [-0.2, -0.15) is 0 Å². The number of ether oxygens (including phenoxy) is 2. The Bertz CT molecular complexity index is 2190. The van der Waals surface area contributed by atoms with Crippen LogP contribution in [0.1, 0.15) is 36.1 Å². The van der Waals surface area contributed by atoms with Crippen LogP contribution in [0.4, 0.5) is 0 Å². The molecule has 1 amide bonds. The number of nitrogens with one attached hydrogen (secondary N) is 3. The van der Waals surface area contributed by atoms with E-state index in [1.54, 1.807) is 13.3 Å². The van der Waals surface area contributed by atoms with Gasteiger partial charge in [-0.05, 0) is 43.5 Å². The molecule has 2 aliphatic rings. The Balaban J connectivity index is 1.13. The lowest BCUT2D eigenvalue weighted by molar-refractivity contribution is -0.119. The van der Waals surface area contributed by atoms with Crippen molar-refractivity contribution in [1.82, 2.24) is 30.3 Å². The van der Waals surface area contributed by atoms with Crippen molar-refractivity contribution >= 4 is 34.8 Å². The molecule has 0 spiro atoms. The second-order valence-corrected chi connectivity index (χ2v) is 13.9. The Morgan fingerprint density at radius 1 is 0.981 bits per heavy atom. The van der Waals surface area contributed by atoms with Crippen molar-refractivity contribution in [3.05, 3.63) is 104 Å². The van der Waals surface area contributed by atoms with E-state index in [2.05, 4.69) is 16.0 Å².